The van der Waals surface area contributed by atoms with Crippen LogP contribution in [0.25, 0.3) is 0 Å². The molecule has 4 nitrogen and oxygen atoms in total. The maximum absolute atomic E-state index is 13.9. The highest BCUT2D eigenvalue weighted by atomic mass is 32.1. The summed E-state index contributed by atoms with van der Waals surface area (Å²) in [6.07, 6.45) is 0. The first kappa shape index (κ1) is 12.7. The Labute approximate surface area is 108 Å². The second kappa shape index (κ2) is 4.85. The smallest absolute Gasteiger partial charge is 0.239 e. The maximum Gasteiger partial charge on any atom is 0.239 e. The summed E-state index contributed by atoms with van der Waals surface area (Å²) < 4.78 is 27.7. The van der Waals surface area contributed by atoms with E-state index in [0.717, 1.165) is 12.1 Å². The van der Waals surface area contributed by atoms with Crippen LogP contribution < -0.4 is 16.0 Å². The summed E-state index contributed by atoms with van der Waals surface area (Å²) in [6.45, 7) is 0.640. The minimum absolute atomic E-state index is 0.0692. The Bertz CT molecular complexity index is 498. The number of carbonyl (C=O) groups excluding carboxylic acids is 1. The van der Waals surface area contributed by atoms with Crippen LogP contribution in [0.3, 0.4) is 0 Å². The van der Waals surface area contributed by atoms with Gasteiger partial charge in [-0.05, 0) is 12.1 Å². The van der Waals surface area contributed by atoms with E-state index in [1.165, 1.54) is 4.90 Å². The molecule has 3 N–H and O–H groups in total. The van der Waals surface area contributed by atoms with Crippen molar-refractivity contribution in [1.82, 2.24) is 5.32 Å². The Hall–Kier alpha value is -1.76. The van der Waals surface area contributed by atoms with Crippen molar-refractivity contribution in [2.45, 2.75) is 0 Å². The second-order valence-electron chi connectivity index (χ2n) is 3.92. The van der Waals surface area contributed by atoms with E-state index in [-0.39, 0.29) is 28.7 Å². The second-order valence-corrected chi connectivity index (χ2v) is 4.36. The molecule has 0 radical (unpaired) electrons. The Morgan fingerprint density at radius 1 is 1.39 bits per heavy atom. The van der Waals surface area contributed by atoms with Gasteiger partial charge in [0.1, 0.15) is 22.3 Å². The van der Waals surface area contributed by atoms with Crippen LogP contribution in [-0.2, 0) is 4.79 Å². The molecule has 18 heavy (non-hydrogen) atoms. The highest BCUT2D eigenvalue weighted by molar-refractivity contribution is 7.80. The lowest BCUT2D eigenvalue weighted by atomic mass is 10.1. The lowest BCUT2D eigenvalue weighted by Gasteiger charge is -2.29. The number of anilines is 1. The molecule has 2 rings (SSSR count). The molecule has 0 unspecified atom stereocenters. The van der Waals surface area contributed by atoms with Crippen molar-refractivity contribution in [3.8, 4) is 0 Å². The van der Waals surface area contributed by atoms with Gasteiger partial charge in [0.2, 0.25) is 5.91 Å². The molecule has 0 spiro atoms. The number of nitrogens with two attached hydrogens (primary N) is 1. The van der Waals surface area contributed by atoms with Gasteiger partial charge in [0.05, 0.1) is 6.54 Å². The van der Waals surface area contributed by atoms with Gasteiger partial charge in [-0.15, -0.1) is 0 Å². The third kappa shape index (κ3) is 2.40. The van der Waals surface area contributed by atoms with E-state index in [0.29, 0.717) is 13.1 Å². The van der Waals surface area contributed by atoms with E-state index < -0.39 is 11.6 Å². The van der Waals surface area contributed by atoms with E-state index in [4.69, 9.17) is 5.73 Å². The van der Waals surface area contributed by atoms with Crippen LogP contribution in [0.1, 0.15) is 5.56 Å². The summed E-state index contributed by atoms with van der Waals surface area (Å²) in [5.74, 6) is -1.81. The fraction of sp³-hybridized carbons (Fsp3) is 0.273. The molecule has 0 aliphatic carbocycles. The van der Waals surface area contributed by atoms with Gasteiger partial charge in [-0.3, -0.25) is 4.79 Å². The molecular formula is C11H11F2N3OS. The van der Waals surface area contributed by atoms with Crippen molar-refractivity contribution in [2.24, 2.45) is 5.73 Å². The molecule has 1 saturated heterocycles. The van der Waals surface area contributed by atoms with Gasteiger partial charge >= 0.3 is 0 Å². The van der Waals surface area contributed by atoms with Crippen LogP contribution in [0.15, 0.2) is 12.1 Å². The van der Waals surface area contributed by atoms with Crippen LogP contribution in [0.5, 0.6) is 0 Å². The number of hydrogen-bond donors (Lipinski definition) is 2. The molecular weight excluding hydrogens is 260 g/mol. The van der Waals surface area contributed by atoms with E-state index in [1.54, 1.807) is 0 Å². The first-order chi connectivity index (χ1) is 8.49. The molecule has 0 aromatic heterocycles. The molecule has 96 valence electrons. The monoisotopic (exact) mass is 271 g/mol. The van der Waals surface area contributed by atoms with Crippen molar-refractivity contribution in [1.29, 1.82) is 0 Å². The number of benzene rings is 1. The summed E-state index contributed by atoms with van der Waals surface area (Å²) in [5, 5.41) is 2.58. The third-order valence-corrected chi connectivity index (χ3v) is 2.89. The lowest BCUT2D eigenvalue weighted by molar-refractivity contribution is -0.120. The number of carbonyl (C=O) groups is 1. The Morgan fingerprint density at radius 3 is 2.50 bits per heavy atom. The Kier molecular flexibility index (Phi) is 3.42. The van der Waals surface area contributed by atoms with Gasteiger partial charge in [-0.2, -0.15) is 0 Å². The summed E-state index contributed by atoms with van der Waals surface area (Å²) in [5.41, 5.74) is 5.23. The number of thiocarbonyl (C=S) groups is 1. The maximum atomic E-state index is 13.9. The highest BCUT2D eigenvalue weighted by Gasteiger charge is 2.23. The first-order valence-electron chi connectivity index (χ1n) is 5.29. The zero-order chi connectivity index (χ0) is 13.3. The van der Waals surface area contributed by atoms with Gasteiger partial charge < -0.3 is 16.0 Å². The van der Waals surface area contributed by atoms with Crippen LogP contribution in [0.4, 0.5) is 14.5 Å². The zero-order valence-electron chi connectivity index (χ0n) is 9.37. The van der Waals surface area contributed by atoms with E-state index in [2.05, 4.69) is 17.5 Å². The molecule has 1 heterocycles. The molecule has 1 aliphatic rings. The molecule has 0 saturated carbocycles. The molecule has 7 heteroatoms. The molecule has 1 aliphatic heterocycles. The topological polar surface area (TPSA) is 58.4 Å². The summed E-state index contributed by atoms with van der Waals surface area (Å²) >= 11 is 4.67. The number of halogens is 2. The minimum atomic E-state index is -0.771. The first-order valence-corrected chi connectivity index (χ1v) is 5.70. The van der Waals surface area contributed by atoms with E-state index in [1.807, 2.05) is 0 Å². The van der Waals surface area contributed by atoms with Crippen molar-refractivity contribution in [3.63, 3.8) is 0 Å². The fourth-order valence-electron chi connectivity index (χ4n) is 1.84. The number of amides is 1. The quantitative estimate of drug-likeness (QED) is 0.771. The van der Waals surface area contributed by atoms with Crippen molar-refractivity contribution >= 4 is 28.8 Å². The van der Waals surface area contributed by atoms with Crippen LogP contribution in [0.2, 0.25) is 0 Å². The van der Waals surface area contributed by atoms with Crippen molar-refractivity contribution < 1.29 is 13.6 Å². The number of piperazine rings is 1. The standard InChI is InChI=1S/C11H11F2N3OS/c12-7-3-6(11(14)18)4-8(13)10(7)16-2-1-15-9(17)5-16/h3-4H,1-2,5H2,(H2,14,18)(H,15,17). The number of nitrogens with zero attached hydrogens (tertiary/aromatic N) is 1. The lowest BCUT2D eigenvalue weighted by Crippen LogP contribution is -2.48. The normalized spacial score (nSPS) is 15.4. The van der Waals surface area contributed by atoms with Crippen LogP contribution >= 0.6 is 12.2 Å². The van der Waals surface area contributed by atoms with Crippen molar-refractivity contribution in [3.05, 3.63) is 29.3 Å². The number of rotatable bonds is 2. The van der Waals surface area contributed by atoms with Crippen LogP contribution in [-0.4, -0.2) is 30.5 Å². The van der Waals surface area contributed by atoms with E-state index >= 15 is 0 Å². The highest BCUT2D eigenvalue weighted by Crippen LogP contribution is 2.25. The number of hydrogen-bond acceptors (Lipinski definition) is 3. The van der Waals surface area contributed by atoms with Gasteiger partial charge in [0.25, 0.3) is 0 Å². The van der Waals surface area contributed by atoms with Gasteiger partial charge in [-0.1, -0.05) is 12.2 Å². The summed E-state index contributed by atoms with van der Waals surface area (Å²) in [6, 6.07) is 2.15. The third-order valence-electron chi connectivity index (χ3n) is 2.66. The Morgan fingerprint density at radius 2 is 2.00 bits per heavy atom. The molecule has 1 amide bonds. The van der Waals surface area contributed by atoms with E-state index in [9.17, 15) is 13.6 Å². The van der Waals surface area contributed by atoms with Crippen LogP contribution in [0, 0.1) is 11.6 Å². The molecule has 1 aromatic rings. The number of nitrogens with one attached hydrogen (secondary N) is 1. The van der Waals surface area contributed by atoms with Crippen molar-refractivity contribution in [2.75, 3.05) is 24.5 Å². The molecule has 0 bridgehead atoms. The average molecular weight is 271 g/mol. The average Bonchev–Trinajstić information content (AvgIpc) is 2.27. The van der Waals surface area contributed by atoms with Gasteiger partial charge in [0.15, 0.2) is 0 Å². The van der Waals surface area contributed by atoms with Gasteiger partial charge in [-0.25, -0.2) is 8.78 Å². The SMILES string of the molecule is NC(=S)c1cc(F)c(N2CCNC(=O)C2)c(F)c1. The largest absolute Gasteiger partial charge is 0.389 e. The predicted octanol–water partition coefficient (Wildman–Crippen LogP) is 0.535. The Balaban J connectivity index is 2.38. The fourth-order valence-corrected chi connectivity index (χ4v) is 1.96. The predicted molar refractivity (Wildman–Crippen MR) is 67.5 cm³/mol. The van der Waals surface area contributed by atoms with Gasteiger partial charge in [0, 0.05) is 18.7 Å². The summed E-state index contributed by atoms with van der Waals surface area (Å²) in [4.78, 5) is 12.5. The summed E-state index contributed by atoms with van der Waals surface area (Å²) in [7, 11) is 0. The molecule has 1 aromatic carbocycles. The molecule has 1 fully saturated rings. The zero-order valence-corrected chi connectivity index (χ0v) is 10.2. The molecule has 0 atom stereocenters. The minimum Gasteiger partial charge on any atom is -0.389 e.